The van der Waals surface area contributed by atoms with Crippen LogP contribution < -0.4 is 0 Å². The highest BCUT2D eigenvalue weighted by atomic mass is 14.2. The Morgan fingerprint density at radius 1 is 0.923 bits per heavy atom. The van der Waals surface area contributed by atoms with E-state index < -0.39 is 0 Å². The second-order valence-electron chi connectivity index (χ2n) is 3.57. The van der Waals surface area contributed by atoms with Crippen LogP contribution in [0.25, 0.3) is 0 Å². The van der Waals surface area contributed by atoms with Crippen LogP contribution in [0.15, 0.2) is 54.6 Å². The fourth-order valence-electron chi connectivity index (χ4n) is 1.81. The van der Waals surface area contributed by atoms with Crippen LogP contribution in [0.2, 0.25) is 0 Å². The maximum atomic E-state index is 2.28. The molecule has 0 aliphatic heterocycles. The van der Waals surface area contributed by atoms with Gasteiger partial charge in [-0.2, -0.15) is 0 Å². The molecule has 2 rings (SSSR count). The van der Waals surface area contributed by atoms with Gasteiger partial charge < -0.3 is 0 Å². The van der Waals surface area contributed by atoms with E-state index in [1.54, 1.807) is 0 Å². The molecule has 1 aliphatic rings. The van der Waals surface area contributed by atoms with E-state index in [1.165, 1.54) is 5.56 Å². The topological polar surface area (TPSA) is 0 Å². The van der Waals surface area contributed by atoms with Crippen LogP contribution >= 0.6 is 0 Å². The lowest BCUT2D eigenvalue weighted by Crippen LogP contribution is -2.06. The predicted molar refractivity (Wildman–Crippen MR) is 56.6 cm³/mol. The minimum Gasteiger partial charge on any atom is -0.0808 e. The molecule has 1 aromatic rings. The highest BCUT2D eigenvalue weighted by Crippen LogP contribution is 2.29. The van der Waals surface area contributed by atoms with Crippen molar-refractivity contribution in [3.05, 3.63) is 60.2 Å². The summed E-state index contributed by atoms with van der Waals surface area (Å²) in [5.74, 6) is 1.18. The second-order valence-corrected chi connectivity index (χ2v) is 3.57. The predicted octanol–water partition coefficient (Wildman–Crippen LogP) is 3.53. The summed E-state index contributed by atoms with van der Waals surface area (Å²) in [5.41, 5.74) is 1.41. The lowest BCUT2D eigenvalue weighted by Gasteiger charge is -2.20. The van der Waals surface area contributed by atoms with Gasteiger partial charge in [0.1, 0.15) is 0 Å². The molecule has 0 heterocycles. The van der Waals surface area contributed by atoms with Gasteiger partial charge in [-0.1, -0.05) is 61.6 Å². The van der Waals surface area contributed by atoms with Gasteiger partial charge in [-0.15, -0.1) is 0 Å². The third-order valence-electron chi connectivity index (χ3n) is 2.60. The maximum absolute atomic E-state index is 2.28. The van der Waals surface area contributed by atoms with Crippen molar-refractivity contribution in [3.63, 3.8) is 0 Å². The van der Waals surface area contributed by atoms with Crippen molar-refractivity contribution in [1.29, 1.82) is 0 Å². The average Bonchev–Trinajstić information content (AvgIpc) is 2.20. The Labute approximate surface area is 79.6 Å². The monoisotopic (exact) mass is 170 g/mol. The third kappa shape index (κ3) is 1.72. The molecule has 1 aromatic carbocycles. The largest absolute Gasteiger partial charge is 0.0808 e. The molecular weight excluding hydrogens is 156 g/mol. The number of benzene rings is 1. The summed E-state index contributed by atoms with van der Waals surface area (Å²) in [6.07, 6.45) is 8.80. The van der Waals surface area contributed by atoms with Crippen LogP contribution in [0.4, 0.5) is 0 Å². The van der Waals surface area contributed by atoms with E-state index in [0.717, 1.165) is 0 Å². The fourth-order valence-corrected chi connectivity index (χ4v) is 1.81. The summed E-state index contributed by atoms with van der Waals surface area (Å²) in [5, 5.41) is 0. The Morgan fingerprint density at radius 3 is 2.31 bits per heavy atom. The number of hydrogen-bond acceptors (Lipinski definition) is 0. The molecule has 0 saturated carbocycles. The van der Waals surface area contributed by atoms with Crippen molar-refractivity contribution in [3.8, 4) is 0 Å². The quantitative estimate of drug-likeness (QED) is 0.604. The summed E-state index contributed by atoms with van der Waals surface area (Å²) in [6.45, 7) is 2.26. The molecule has 0 amide bonds. The van der Waals surface area contributed by atoms with Gasteiger partial charge >= 0.3 is 0 Å². The first-order valence-electron chi connectivity index (χ1n) is 4.78. The first-order chi connectivity index (χ1) is 6.38. The Hall–Kier alpha value is -1.30. The summed E-state index contributed by atoms with van der Waals surface area (Å²) in [6, 6.07) is 10.7. The lowest BCUT2D eigenvalue weighted by molar-refractivity contribution is 0.635. The third-order valence-corrected chi connectivity index (χ3v) is 2.60. The first-order valence-corrected chi connectivity index (χ1v) is 4.78. The zero-order valence-corrected chi connectivity index (χ0v) is 7.85. The zero-order chi connectivity index (χ0) is 9.10. The fraction of sp³-hybridized carbons (Fsp3) is 0.231. The molecule has 66 valence electrons. The van der Waals surface area contributed by atoms with Crippen molar-refractivity contribution < 1.29 is 0 Å². The van der Waals surface area contributed by atoms with Crippen LogP contribution in [0.3, 0.4) is 0 Å². The van der Waals surface area contributed by atoms with Crippen molar-refractivity contribution in [2.75, 3.05) is 0 Å². The zero-order valence-electron chi connectivity index (χ0n) is 7.85. The lowest BCUT2D eigenvalue weighted by atomic mass is 9.84. The van der Waals surface area contributed by atoms with Crippen LogP contribution in [-0.4, -0.2) is 0 Å². The van der Waals surface area contributed by atoms with E-state index in [-0.39, 0.29) is 0 Å². The van der Waals surface area contributed by atoms with Crippen molar-refractivity contribution >= 4 is 0 Å². The second kappa shape index (κ2) is 3.61. The molecule has 0 N–H and O–H groups in total. The smallest absolute Gasteiger partial charge is 0.00813 e. The molecule has 0 heteroatoms. The van der Waals surface area contributed by atoms with Crippen LogP contribution in [-0.2, 0) is 0 Å². The molecule has 2 atom stereocenters. The van der Waals surface area contributed by atoms with Crippen molar-refractivity contribution in [2.24, 2.45) is 5.92 Å². The van der Waals surface area contributed by atoms with E-state index in [4.69, 9.17) is 0 Å². The Kier molecular flexibility index (Phi) is 2.31. The molecule has 0 nitrogen and oxygen atoms in total. The molecule has 0 fully saturated rings. The van der Waals surface area contributed by atoms with E-state index in [2.05, 4.69) is 61.6 Å². The Balaban J connectivity index is 2.27. The van der Waals surface area contributed by atoms with Crippen LogP contribution in [0.1, 0.15) is 18.4 Å². The Bertz CT molecular complexity index is 319. The molecule has 0 spiro atoms. The van der Waals surface area contributed by atoms with Crippen LogP contribution in [0.5, 0.6) is 0 Å². The summed E-state index contributed by atoms with van der Waals surface area (Å²) in [4.78, 5) is 0. The van der Waals surface area contributed by atoms with Gasteiger partial charge in [0, 0.05) is 5.92 Å². The van der Waals surface area contributed by atoms with Gasteiger partial charge in [-0.05, 0) is 11.5 Å². The highest BCUT2D eigenvalue weighted by Gasteiger charge is 2.14. The molecule has 1 aliphatic carbocycles. The minimum absolute atomic E-state index is 0.561. The van der Waals surface area contributed by atoms with Crippen molar-refractivity contribution in [2.45, 2.75) is 12.8 Å². The van der Waals surface area contributed by atoms with Crippen molar-refractivity contribution in [1.82, 2.24) is 0 Å². The summed E-state index contributed by atoms with van der Waals surface area (Å²) in [7, 11) is 0. The van der Waals surface area contributed by atoms with Crippen LogP contribution in [0, 0.1) is 5.92 Å². The normalized spacial score (nSPS) is 26.2. The van der Waals surface area contributed by atoms with E-state index >= 15 is 0 Å². The van der Waals surface area contributed by atoms with Gasteiger partial charge in [0.25, 0.3) is 0 Å². The summed E-state index contributed by atoms with van der Waals surface area (Å²) < 4.78 is 0. The first kappa shape index (κ1) is 8.31. The van der Waals surface area contributed by atoms with E-state index in [9.17, 15) is 0 Å². The Morgan fingerprint density at radius 2 is 1.62 bits per heavy atom. The molecule has 0 saturated heterocycles. The molecular formula is C13H14. The molecule has 0 unspecified atom stereocenters. The van der Waals surface area contributed by atoms with Gasteiger partial charge in [0.05, 0.1) is 0 Å². The summed E-state index contributed by atoms with van der Waals surface area (Å²) >= 11 is 0. The molecule has 0 bridgehead atoms. The number of allylic oxidation sites excluding steroid dienone is 4. The molecule has 0 aromatic heterocycles. The number of rotatable bonds is 1. The highest BCUT2D eigenvalue weighted by molar-refractivity contribution is 5.29. The maximum Gasteiger partial charge on any atom is 0.00813 e. The van der Waals surface area contributed by atoms with Gasteiger partial charge in [0.2, 0.25) is 0 Å². The van der Waals surface area contributed by atoms with E-state index in [1.807, 2.05) is 0 Å². The standard InChI is InChI=1S/C13H14/c1-11-7-5-6-10-13(11)12-8-3-2-4-9-12/h2-11,13H,1H3/t11-,13+/m1/s1. The minimum atomic E-state index is 0.561. The van der Waals surface area contributed by atoms with E-state index in [0.29, 0.717) is 11.8 Å². The SMILES string of the molecule is C[C@@H]1C=CC=C[C@@H]1c1ccccc1. The average molecular weight is 170 g/mol. The van der Waals surface area contributed by atoms with Gasteiger partial charge in [-0.3, -0.25) is 0 Å². The van der Waals surface area contributed by atoms with Gasteiger partial charge in [-0.25, -0.2) is 0 Å². The molecule has 0 radical (unpaired) electrons. The molecule has 13 heavy (non-hydrogen) atoms. The van der Waals surface area contributed by atoms with Gasteiger partial charge in [0.15, 0.2) is 0 Å². The number of hydrogen-bond donors (Lipinski definition) is 0.